The molecule has 0 radical (unpaired) electrons. The third-order valence-electron chi connectivity index (χ3n) is 5.83. The largest absolute Gasteiger partial charge is 0.350 e. The van der Waals surface area contributed by atoms with Crippen LogP contribution >= 0.6 is 0 Å². The molecule has 1 unspecified atom stereocenters. The number of carbonyl (C=O) groups is 2. The third kappa shape index (κ3) is 5.70. The van der Waals surface area contributed by atoms with Gasteiger partial charge in [0, 0.05) is 26.1 Å². The van der Waals surface area contributed by atoms with Gasteiger partial charge in [-0.2, -0.15) is 0 Å². The maximum Gasteiger partial charge on any atom is 0.247 e. The van der Waals surface area contributed by atoms with Crippen molar-refractivity contribution < 1.29 is 9.59 Å². The SMILES string of the molecule is CCN(CC)Cc1ccc(CNC(=O)C(c2ccccc2)N2CCCCC2=O)cc1. The highest BCUT2D eigenvalue weighted by molar-refractivity contribution is 5.89. The fourth-order valence-electron chi connectivity index (χ4n) is 3.96. The second-order valence-corrected chi connectivity index (χ2v) is 7.85. The second kappa shape index (κ2) is 10.9. The van der Waals surface area contributed by atoms with Gasteiger partial charge in [-0.3, -0.25) is 14.5 Å². The maximum absolute atomic E-state index is 13.1. The first-order chi connectivity index (χ1) is 14.6. The summed E-state index contributed by atoms with van der Waals surface area (Å²) in [7, 11) is 0. The Morgan fingerprint density at radius 3 is 2.30 bits per heavy atom. The lowest BCUT2D eigenvalue weighted by atomic mass is 10.0. The number of hydrogen-bond acceptors (Lipinski definition) is 3. The maximum atomic E-state index is 13.1. The number of nitrogens with zero attached hydrogens (tertiary/aromatic N) is 2. The van der Waals surface area contributed by atoms with E-state index in [1.165, 1.54) is 5.56 Å². The lowest BCUT2D eigenvalue weighted by molar-refractivity contribution is -0.142. The van der Waals surface area contributed by atoms with Gasteiger partial charge >= 0.3 is 0 Å². The summed E-state index contributed by atoms with van der Waals surface area (Å²) in [5, 5.41) is 3.05. The Bertz CT molecular complexity index is 816. The summed E-state index contributed by atoms with van der Waals surface area (Å²) in [5.41, 5.74) is 3.19. The van der Waals surface area contributed by atoms with Crippen molar-refractivity contribution in [3.05, 3.63) is 71.3 Å². The fraction of sp³-hybridized carbons (Fsp3) is 0.440. The van der Waals surface area contributed by atoms with Gasteiger partial charge in [0.25, 0.3) is 0 Å². The number of nitrogens with one attached hydrogen (secondary N) is 1. The molecule has 2 aromatic carbocycles. The van der Waals surface area contributed by atoms with Gasteiger partial charge in [0.1, 0.15) is 6.04 Å². The van der Waals surface area contributed by atoms with E-state index in [2.05, 4.69) is 48.3 Å². The molecular formula is C25H33N3O2. The van der Waals surface area contributed by atoms with E-state index in [9.17, 15) is 9.59 Å². The van der Waals surface area contributed by atoms with Crippen LogP contribution in [0.25, 0.3) is 0 Å². The fourth-order valence-corrected chi connectivity index (χ4v) is 3.96. The van der Waals surface area contributed by atoms with Crippen LogP contribution in [0.3, 0.4) is 0 Å². The topological polar surface area (TPSA) is 52.7 Å². The van der Waals surface area contributed by atoms with Gasteiger partial charge < -0.3 is 10.2 Å². The van der Waals surface area contributed by atoms with Gasteiger partial charge in [0.15, 0.2) is 0 Å². The summed E-state index contributed by atoms with van der Waals surface area (Å²) < 4.78 is 0. The van der Waals surface area contributed by atoms with Gasteiger partial charge in [0.2, 0.25) is 11.8 Å². The number of rotatable bonds is 9. The molecule has 1 heterocycles. The normalized spacial score (nSPS) is 15.3. The Hall–Kier alpha value is -2.66. The zero-order chi connectivity index (χ0) is 21.3. The van der Waals surface area contributed by atoms with Crippen LogP contribution in [0, 0.1) is 0 Å². The van der Waals surface area contributed by atoms with E-state index in [0.29, 0.717) is 19.5 Å². The van der Waals surface area contributed by atoms with Gasteiger partial charge in [-0.05, 0) is 42.6 Å². The van der Waals surface area contributed by atoms with E-state index in [1.54, 1.807) is 4.90 Å². The van der Waals surface area contributed by atoms with Crippen LogP contribution in [-0.4, -0.2) is 41.2 Å². The van der Waals surface area contributed by atoms with Gasteiger partial charge in [0.05, 0.1) is 0 Å². The van der Waals surface area contributed by atoms with Crippen LogP contribution in [0.15, 0.2) is 54.6 Å². The van der Waals surface area contributed by atoms with Crippen molar-refractivity contribution in [1.82, 2.24) is 15.1 Å². The Labute approximate surface area is 180 Å². The molecule has 0 bridgehead atoms. The molecule has 5 nitrogen and oxygen atoms in total. The lowest BCUT2D eigenvalue weighted by Crippen LogP contribution is -2.45. The minimum Gasteiger partial charge on any atom is -0.350 e. The summed E-state index contributed by atoms with van der Waals surface area (Å²) >= 11 is 0. The van der Waals surface area contributed by atoms with E-state index in [-0.39, 0.29) is 11.8 Å². The van der Waals surface area contributed by atoms with Crippen molar-refractivity contribution in [1.29, 1.82) is 0 Å². The van der Waals surface area contributed by atoms with Crippen LogP contribution in [0.1, 0.15) is 55.8 Å². The molecule has 1 aliphatic heterocycles. The van der Waals surface area contributed by atoms with Crippen molar-refractivity contribution in [2.24, 2.45) is 0 Å². The zero-order valence-corrected chi connectivity index (χ0v) is 18.1. The van der Waals surface area contributed by atoms with E-state index in [0.717, 1.165) is 43.6 Å². The van der Waals surface area contributed by atoms with E-state index in [4.69, 9.17) is 0 Å². The first-order valence-corrected chi connectivity index (χ1v) is 11.0. The number of benzene rings is 2. The first-order valence-electron chi connectivity index (χ1n) is 11.0. The summed E-state index contributed by atoms with van der Waals surface area (Å²) in [4.78, 5) is 29.8. The number of hydrogen-bond donors (Lipinski definition) is 1. The van der Waals surface area contributed by atoms with Crippen LogP contribution in [0.4, 0.5) is 0 Å². The summed E-state index contributed by atoms with van der Waals surface area (Å²) in [6.45, 7) is 8.43. The number of amides is 2. The minimum atomic E-state index is -0.569. The standard InChI is InChI=1S/C25H33N3O2/c1-3-27(4-2)19-21-15-13-20(14-16-21)18-26-25(30)24(22-10-6-5-7-11-22)28-17-9-8-12-23(28)29/h5-7,10-11,13-16,24H,3-4,8-9,12,17-19H2,1-2H3,(H,26,30). The molecule has 1 saturated heterocycles. The Balaban J connectivity index is 1.66. The van der Waals surface area contributed by atoms with Crippen LogP contribution in [0.2, 0.25) is 0 Å². The minimum absolute atomic E-state index is 0.0611. The van der Waals surface area contributed by atoms with Crippen molar-refractivity contribution >= 4 is 11.8 Å². The summed E-state index contributed by atoms with van der Waals surface area (Å²) in [6, 6.07) is 17.4. The van der Waals surface area contributed by atoms with Gasteiger partial charge in [-0.1, -0.05) is 68.4 Å². The Kier molecular flexibility index (Phi) is 8.03. The summed E-state index contributed by atoms with van der Waals surface area (Å²) in [6.07, 6.45) is 2.36. The van der Waals surface area contributed by atoms with Gasteiger partial charge in [-0.25, -0.2) is 0 Å². The molecule has 2 amide bonds. The first kappa shape index (κ1) is 22.0. The molecular weight excluding hydrogens is 374 g/mol. The number of piperidine rings is 1. The second-order valence-electron chi connectivity index (χ2n) is 7.85. The molecule has 0 aromatic heterocycles. The molecule has 1 aliphatic rings. The molecule has 1 N–H and O–H groups in total. The highest BCUT2D eigenvalue weighted by Crippen LogP contribution is 2.26. The molecule has 0 aliphatic carbocycles. The van der Waals surface area contributed by atoms with Gasteiger partial charge in [-0.15, -0.1) is 0 Å². The molecule has 0 spiro atoms. The number of likely N-dealkylation sites (tertiary alicyclic amines) is 1. The molecule has 3 rings (SSSR count). The van der Waals surface area contributed by atoms with Crippen LogP contribution < -0.4 is 5.32 Å². The smallest absolute Gasteiger partial charge is 0.247 e. The van der Waals surface area contributed by atoms with Crippen molar-refractivity contribution in [3.8, 4) is 0 Å². The highest BCUT2D eigenvalue weighted by atomic mass is 16.2. The molecule has 5 heteroatoms. The Morgan fingerprint density at radius 1 is 1.00 bits per heavy atom. The molecule has 0 saturated carbocycles. The zero-order valence-electron chi connectivity index (χ0n) is 18.1. The molecule has 1 atom stereocenters. The highest BCUT2D eigenvalue weighted by Gasteiger charge is 2.32. The van der Waals surface area contributed by atoms with E-state index < -0.39 is 6.04 Å². The third-order valence-corrected chi connectivity index (χ3v) is 5.83. The predicted molar refractivity (Wildman–Crippen MR) is 120 cm³/mol. The van der Waals surface area contributed by atoms with Crippen LogP contribution in [0.5, 0.6) is 0 Å². The van der Waals surface area contributed by atoms with Crippen molar-refractivity contribution in [3.63, 3.8) is 0 Å². The van der Waals surface area contributed by atoms with Crippen molar-refractivity contribution in [2.75, 3.05) is 19.6 Å². The molecule has 160 valence electrons. The molecule has 2 aromatic rings. The summed E-state index contributed by atoms with van der Waals surface area (Å²) in [5.74, 6) is -0.0605. The quantitative estimate of drug-likeness (QED) is 0.686. The van der Waals surface area contributed by atoms with E-state index >= 15 is 0 Å². The Morgan fingerprint density at radius 2 is 1.67 bits per heavy atom. The lowest BCUT2D eigenvalue weighted by Gasteiger charge is -2.34. The van der Waals surface area contributed by atoms with Crippen molar-refractivity contribution in [2.45, 2.75) is 52.2 Å². The predicted octanol–water partition coefficient (Wildman–Crippen LogP) is 3.90. The monoisotopic (exact) mass is 407 g/mol. The average Bonchev–Trinajstić information content (AvgIpc) is 2.79. The average molecular weight is 408 g/mol. The van der Waals surface area contributed by atoms with Crippen LogP contribution in [-0.2, 0) is 22.7 Å². The van der Waals surface area contributed by atoms with E-state index in [1.807, 2.05) is 30.3 Å². The molecule has 30 heavy (non-hydrogen) atoms. The number of carbonyl (C=O) groups excluding carboxylic acids is 2. The molecule has 1 fully saturated rings.